The normalized spacial score (nSPS) is 14.2. The summed E-state index contributed by atoms with van der Waals surface area (Å²) in [6, 6.07) is 8.29. The van der Waals surface area contributed by atoms with Gasteiger partial charge in [-0.2, -0.15) is 0 Å². The van der Waals surface area contributed by atoms with E-state index in [9.17, 15) is 14.0 Å². The minimum atomic E-state index is -0.580. The van der Waals surface area contributed by atoms with Crippen LogP contribution in [0.25, 0.3) is 22.5 Å². The first-order valence-corrected chi connectivity index (χ1v) is 11.0. The number of halogens is 1. The fraction of sp³-hybridized carbons (Fsp3) is 0.320. The summed E-state index contributed by atoms with van der Waals surface area (Å²) >= 11 is 0. The van der Waals surface area contributed by atoms with E-state index in [-0.39, 0.29) is 5.91 Å². The van der Waals surface area contributed by atoms with E-state index in [4.69, 9.17) is 4.74 Å². The van der Waals surface area contributed by atoms with E-state index in [0.717, 1.165) is 24.6 Å². The highest BCUT2D eigenvalue weighted by atomic mass is 19.1. The van der Waals surface area contributed by atoms with Crippen LogP contribution >= 0.6 is 0 Å². The van der Waals surface area contributed by atoms with Gasteiger partial charge in [0.05, 0.1) is 35.5 Å². The molecule has 1 aliphatic rings. The summed E-state index contributed by atoms with van der Waals surface area (Å²) < 4.78 is 18.8. The second-order valence-corrected chi connectivity index (χ2v) is 9.35. The van der Waals surface area contributed by atoms with Crippen LogP contribution in [0.4, 0.5) is 9.18 Å². The first-order valence-electron chi connectivity index (χ1n) is 11.0. The van der Waals surface area contributed by atoms with Crippen LogP contribution in [0.1, 0.15) is 44.0 Å². The van der Waals surface area contributed by atoms with E-state index in [1.165, 1.54) is 12.3 Å². The smallest absolute Gasteiger partial charge is 0.408 e. The molecule has 0 radical (unpaired) electrons. The first kappa shape index (κ1) is 23.3. The van der Waals surface area contributed by atoms with Crippen LogP contribution < -0.4 is 10.6 Å². The Morgan fingerprint density at radius 1 is 1.00 bits per heavy atom. The monoisotopic (exact) mass is 463 g/mol. The molecule has 1 saturated carbocycles. The SMILES string of the molecule is CC(C)(C)OC(=O)NC1(CNC(=O)c2ccc(-c3cncc(-c4cncc(F)c4)n3)cc2)CC1. The Morgan fingerprint density at radius 3 is 2.26 bits per heavy atom. The zero-order valence-corrected chi connectivity index (χ0v) is 19.3. The molecule has 9 heteroatoms. The fourth-order valence-corrected chi connectivity index (χ4v) is 3.36. The van der Waals surface area contributed by atoms with Gasteiger partial charge in [-0.05, 0) is 51.8 Å². The number of amides is 2. The molecule has 1 aromatic carbocycles. The van der Waals surface area contributed by atoms with Gasteiger partial charge in [0.25, 0.3) is 5.91 Å². The lowest BCUT2D eigenvalue weighted by Crippen LogP contribution is -2.47. The molecular weight excluding hydrogens is 437 g/mol. The number of nitrogens with one attached hydrogen (secondary N) is 2. The van der Waals surface area contributed by atoms with Crippen LogP contribution in [0.5, 0.6) is 0 Å². The van der Waals surface area contributed by atoms with Crippen molar-refractivity contribution in [1.82, 2.24) is 25.6 Å². The number of carbonyl (C=O) groups is 2. The first-order chi connectivity index (χ1) is 16.1. The van der Waals surface area contributed by atoms with Crippen molar-refractivity contribution in [2.45, 2.75) is 44.8 Å². The summed E-state index contributed by atoms with van der Waals surface area (Å²) in [5.41, 5.74) is 1.82. The van der Waals surface area contributed by atoms with Crippen molar-refractivity contribution in [3.8, 4) is 22.5 Å². The number of nitrogens with zero attached hydrogens (tertiary/aromatic N) is 3. The second kappa shape index (κ2) is 9.17. The molecule has 1 aliphatic carbocycles. The molecule has 2 heterocycles. The summed E-state index contributed by atoms with van der Waals surface area (Å²) in [6.07, 6.45) is 6.87. The summed E-state index contributed by atoms with van der Waals surface area (Å²) in [5, 5.41) is 5.75. The number of rotatable bonds is 6. The van der Waals surface area contributed by atoms with Crippen LogP contribution in [-0.4, -0.2) is 44.6 Å². The topological polar surface area (TPSA) is 106 Å². The summed E-state index contributed by atoms with van der Waals surface area (Å²) in [4.78, 5) is 37.3. The van der Waals surface area contributed by atoms with Crippen LogP contribution in [-0.2, 0) is 4.74 Å². The van der Waals surface area contributed by atoms with Crippen molar-refractivity contribution in [3.05, 3.63) is 66.5 Å². The van der Waals surface area contributed by atoms with Gasteiger partial charge in [0.2, 0.25) is 0 Å². The molecule has 0 saturated heterocycles. The molecule has 2 amide bonds. The maximum Gasteiger partial charge on any atom is 0.408 e. The molecule has 3 aromatic rings. The van der Waals surface area contributed by atoms with E-state index in [0.29, 0.717) is 29.1 Å². The standard InChI is InChI=1S/C25H26FN5O3/c1-24(2,3)34-23(33)31-25(8-9-25)15-29-22(32)17-6-4-16(5-7-17)20-13-28-14-21(30-20)18-10-19(26)12-27-11-18/h4-7,10-14H,8-9,15H2,1-3H3,(H,29,32)(H,31,33). The van der Waals surface area contributed by atoms with Crippen LogP contribution in [0.2, 0.25) is 0 Å². The number of pyridine rings is 1. The van der Waals surface area contributed by atoms with Crippen LogP contribution in [0.15, 0.2) is 55.1 Å². The molecule has 176 valence electrons. The lowest BCUT2D eigenvalue weighted by atomic mass is 10.1. The van der Waals surface area contributed by atoms with Crippen molar-refractivity contribution in [2.75, 3.05) is 6.54 Å². The fourth-order valence-electron chi connectivity index (χ4n) is 3.36. The molecule has 8 nitrogen and oxygen atoms in total. The zero-order chi connectivity index (χ0) is 24.3. The third-order valence-electron chi connectivity index (χ3n) is 5.29. The van der Waals surface area contributed by atoms with E-state index in [1.807, 2.05) is 0 Å². The van der Waals surface area contributed by atoms with Crippen molar-refractivity contribution in [1.29, 1.82) is 0 Å². The number of ether oxygens (including phenoxy) is 1. The van der Waals surface area contributed by atoms with Gasteiger partial charge in [-0.25, -0.2) is 14.2 Å². The molecule has 2 N–H and O–H groups in total. The lowest BCUT2D eigenvalue weighted by Gasteiger charge is -2.23. The second-order valence-electron chi connectivity index (χ2n) is 9.35. The summed E-state index contributed by atoms with van der Waals surface area (Å²) in [7, 11) is 0. The minimum absolute atomic E-state index is 0.241. The van der Waals surface area contributed by atoms with E-state index in [1.54, 1.807) is 57.4 Å². The number of hydrogen-bond donors (Lipinski definition) is 2. The molecule has 34 heavy (non-hydrogen) atoms. The van der Waals surface area contributed by atoms with Gasteiger partial charge in [-0.3, -0.25) is 14.8 Å². The third kappa shape index (κ3) is 5.92. The van der Waals surface area contributed by atoms with Gasteiger partial charge in [0.1, 0.15) is 11.4 Å². The van der Waals surface area contributed by atoms with Crippen molar-refractivity contribution >= 4 is 12.0 Å². The lowest BCUT2D eigenvalue weighted by molar-refractivity contribution is 0.0493. The molecule has 0 bridgehead atoms. The van der Waals surface area contributed by atoms with Gasteiger partial charge < -0.3 is 15.4 Å². The van der Waals surface area contributed by atoms with Crippen LogP contribution in [0, 0.1) is 5.82 Å². The van der Waals surface area contributed by atoms with Crippen LogP contribution in [0.3, 0.4) is 0 Å². The summed E-state index contributed by atoms with van der Waals surface area (Å²) in [6.45, 7) is 5.73. The summed E-state index contributed by atoms with van der Waals surface area (Å²) in [5.74, 6) is -0.691. The zero-order valence-electron chi connectivity index (χ0n) is 19.3. The van der Waals surface area contributed by atoms with Gasteiger partial charge in [0.15, 0.2) is 0 Å². The highest BCUT2D eigenvalue weighted by molar-refractivity contribution is 5.94. The number of aromatic nitrogens is 3. The Balaban J connectivity index is 1.38. The number of alkyl carbamates (subject to hydrolysis) is 1. The molecule has 0 unspecified atom stereocenters. The number of carbonyl (C=O) groups excluding carboxylic acids is 2. The molecular formula is C25H26FN5O3. The van der Waals surface area contributed by atoms with E-state index in [2.05, 4.69) is 25.6 Å². The predicted molar refractivity (Wildman–Crippen MR) is 124 cm³/mol. The molecule has 0 atom stereocenters. The Morgan fingerprint density at radius 2 is 1.65 bits per heavy atom. The van der Waals surface area contributed by atoms with E-state index >= 15 is 0 Å². The quantitative estimate of drug-likeness (QED) is 0.569. The Labute approximate surface area is 197 Å². The van der Waals surface area contributed by atoms with Gasteiger partial charge in [0, 0.05) is 29.4 Å². The maximum absolute atomic E-state index is 13.5. The number of benzene rings is 1. The van der Waals surface area contributed by atoms with Gasteiger partial charge in [-0.15, -0.1) is 0 Å². The highest BCUT2D eigenvalue weighted by Crippen LogP contribution is 2.35. The molecule has 1 fully saturated rings. The maximum atomic E-state index is 13.5. The number of hydrogen-bond acceptors (Lipinski definition) is 6. The highest BCUT2D eigenvalue weighted by Gasteiger charge is 2.45. The van der Waals surface area contributed by atoms with Gasteiger partial charge in [-0.1, -0.05) is 12.1 Å². The van der Waals surface area contributed by atoms with Crippen molar-refractivity contribution < 1.29 is 18.7 Å². The third-order valence-corrected chi connectivity index (χ3v) is 5.29. The predicted octanol–water partition coefficient (Wildman–Crippen LogP) is 4.13. The molecule has 2 aromatic heterocycles. The largest absolute Gasteiger partial charge is 0.444 e. The Kier molecular flexibility index (Phi) is 6.28. The molecule has 4 rings (SSSR count). The van der Waals surface area contributed by atoms with Crippen molar-refractivity contribution in [3.63, 3.8) is 0 Å². The van der Waals surface area contributed by atoms with Gasteiger partial charge >= 0.3 is 6.09 Å². The van der Waals surface area contributed by atoms with E-state index < -0.39 is 23.1 Å². The average Bonchev–Trinajstić information content (AvgIpc) is 3.55. The minimum Gasteiger partial charge on any atom is -0.444 e. The average molecular weight is 464 g/mol. The Bertz CT molecular complexity index is 1200. The Hall–Kier alpha value is -3.88. The molecule has 0 aliphatic heterocycles. The van der Waals surface area contributed by atoms with Crippen molar-refractivity contribution in [2.24, 2.45) is 0 Å². The molecule has 0 spiro atoms.